The molecule has 0 bridgehead atoms. The molecule has 2 aromatic rings. The van der Waals surface area contributed by atoms with E-state index < -0.39 is 5.97 Å². The molecule has 2 N–H and O–H groups in total. The van der Waals surface area contributed by atoms with Crippen LogP contribution < -0.4 is 4.90 Å². The number of rotatable bonds is 6. The summed E-state index contributed by atoms with van der Waals surface area (Å²) < 4.78 is 10.3. The average Bonchev–Trinajstić information content (AvgIpc) is 3.35. The van der Waals surface area contributed by atoms with Gasteiger partial charge in [-0.2, -0.15) is 0 Å². The Balaban J connectivity index is 1.66. The van der Waals surface area contributed by atoms with Crippen molar-refractivity contribution in [2.45, 2.75) is 33.7 Å². The number of esters is 1. The highest BCUT2D eigenvalue weighted by molar-refractivity contribution is 6.03. The summed E-state index contributed by atoms with van der Waals surface area (Å²) in [6, 6.07) is 3.06. The number of hydrogen-bond acceptors (Lipinski definition) is 5. The summed E-state index contributed by atoms with van der Waals surface area (Å²) in [5.74, 6) is -0.241. The van der Waals surface area contributed by atoms with Gasteiger partial charge in [0.15, 0.2) is 11.8 Å². The first-order chi connectivity index (χ1) is 13.8. The van der Waals surface area contributed by atoms with Gasteiger partial charge in [-0.15, -0.1) is 0 Å². The standard InChI is InChI=1S/C21H27N3O5/c1-5-28-21(27)17-13(2)18(22-14(17)3)19(25)15(4)23-8-10-24(11-9-23)20(26)16-7-6-12-29-16/h6-7,12,15,22H,5,8-11H2,1-4H3/p+1/t15-/m1/s1. The highest BCUT2D eigenvalue weighted by atomic mass is 16.5. The summed E-state index contributed by atoms with van der Waals surface area (Å²) in [6.07, 6.45) is 1.49. The summed E-state index contributed by atoms with van der Waals surface area (Å²) in [7, 11) is 0. The molecule has 29 heavy (non-hydrogen) atoms. The smallest absolute Gasteiger partial charge is 0.340 e. The van der Waals surface area contributed by atoms with Crippen molar-refractivity contribution in [3.8, 4) is 0 Å². The number of carbonyl (C=O) groups excluding carboxylic acids is 3. The van der Waals surface area contributed by atoms with Crippen molar-refractivity contribution >= 4 is 17.7 Å². The number of aryl methyl sites for hydroxylation is 1. The summed E-state index contributed by atoms with van der Waals surface area (Å²) in [5, 5.41) is 0. The number of furan rings is 1. The minimum absolute atomic E-state index is 0.0399. The molecule has 1 aliphatic rings. The number of ketones is 1. The number of piperazine rings is 1. The van der Waals surface area contributed by atoms with Crippen LogP contribution in [0.15, 0.2) is 22.8 Å². The van der Waals surface area contributed by atoms with E-state index in [-0.39, 0.29) is 24.3 Å². The highest BCUT2D eigenvalue weighted by Crippen LogP contribution is 2.20. The zero-order valence-electron chi connectivity index (χ0n) is 17.3. The third-order valence-electron chi connectivity index (χ3n) is 5.59. The summed E-state index contributed by atoms with van der Waals surface area (Å²) >= 11 is 0. The van der Waals surface area contributed by atoms with Crippen molar-refractivity contribution in [3.05, 3.63) is 46.7 Å². The molecule has 0 aromatic carbocycles. The minimum Gasteiger partial charge on any atom is -0.462 e. The van der Waals surface area contributed by atoms with E-state index in [1.165, 1.54) is 6.26 Å². The first-order valence-corrected chi connectivity index (χ1v) is 9.93. The van der Waals surface area contributed by atoms with Gasteiger partial charge in [0.25, 0.3) is 5.91 Å². The van der Waals surface area contributed by atoms with Gasteiger partial charge in [-0.05, 0) is 45.4 Å². The zero-order chi connectivity index (χ0) is 21.1. The number of amides is 1. The van der Waals surface area contributed by atoms with Crippen molar-refractivity contribution in [1.29, 1.82) is 0 Å². The molecular weight excluding hydrogens is 374 g/mol. The van der Waals surface area contributed by atoms with Gasteiger partial charge in [0.1, 0.15) is 0 Å². The van der Waals surface area contributed by atoms with Crippen molar-refractivity contribution in [2.75, 3.05) is 32.8 Å². The summed E-state index contributed by atoms with van der Waals surface area (Å²) in [6.45, 7) is 9.92. The molecule has 0 saturated carbocycles. The molecule has 1 saturated heterocycles. The molecule has 0 aliphatic carbocycles. The van der Waals surface area contributed by atoms with Gasteiger partial charge in [-0.1, -0.05) is 0 Å². The number of aromatic amines is 1. The molecule has 0 radical (unpaired) electrons. The Morgan fingerprint density at radius 1 is 1.28 bits per heavy atom. The number of ether oxygens (including phenoxy) is 1. The Morgan fingerprint density at radius 3 is 2.55 bits per heavy atom. The van der Waals surface area contributed by atoms with E-state index in [0.717, 1.165) is 4.90 Å². The number of hydrogen-bond donors (Lipinski definition) is 2. The van der Waals surface area contributed by atoms with Crippen LogP contribution in [0.25, 0.3) is 0 Å². The van der Waals surface area contributed by atoms with Gasteiger partial charge < -0.3 is 23.9 Å². The van der Waals surface area contributed by atoms with Gasteiger partial charge >= 0.3 is 5.97 Å². The fourth-order valence-corrected chi connectivity index (χ4v) is 3.89. The quantitative estimate of drug-likeness (QED) is 0.555. The molecule has 8 nitrogen and oxygen atoms in total. The van der Waals surface area contributed by atoms with Crippen molar-refractivity contribution in [2.24, 2.45) is 0 Å². The van der Waals surface area contributed by atoms with Crippen LogP contribution in [-0.2, 0) is 4.74 Å². The maximum Gasteiger partial charge on any atom is 0.340 e. The van der Waals surface area contributed by atoms with E-state index in [2.05, 4.69) is 4.98 Å². The summed E-state index contributed by atoms with van der Waals surface area (Å²) in [5.41, 5.74) is 2.16. The topological polar surface area (TPSA) is 97.0 Å². The lowest BCUT2D eigenvalue weighted by molar-refractivity contribution is -0.917. The van der Waals surface area contributed by atoms with Crippen molar-refractivity contribution in [1.82, 2.24) is 9.88 Å². The maximum atomic E-state index is 13.1. The molecule has 1 atom stereocenters. The average molecular weight is 402 g/mol. The molecule has 0 unspecified atom stereocenters. The van der Waals surface area contributed by atoms with Gasteiger partial charge in [0.2, 0.25) is 5.78 Å². The Hall–Kier alpha value is -2.87. The molecule has 0 spiro atoms. The van der Waals surface area contributed by atoms with E-state index in [0.29, 0.717) is 54.5 Å². The van der Waals surface area contributed by atoms with Gasteiger partial charge in [0, 0.05) is 5.69 Å². The van der Waals surface area contributed by atoms with Crippen LogP contribution in [0, 0.1) is 13.8 Å². The number of H-pyrrole nitrogens is 1. The SMILES string of the molecule is CCOC(=O)c1c(C)[nH]c(C(=O)[C@@H](C)[NH+]2CCN(C(=O)c3ccco3)CC2)c1C. The molecule has 1 fully saturated rings. The van der Waals surface area contributed by atoms with Gasteiger partial charge in [-0.25, -0.2) is 4.79 Å². The van der Waals surface area contributed by atoms with E-state index in [9.17, 15) is 14.4 Å². The number of nitrogens with zero attached hydrogens (tertiary/aromatic N) is 1. The van der Waals surface area contributed by atoms with E-state index in [4.69, 9.17) is 9.15 Å². The van der Waals surface area contributed by atoms with Crippen LogP contribution in [0.5, 0.6) is 0 Å². The zero-order valence-corrected chi connectivity index (χ0v) is 17.3. The third kappa shape index (κ3) is 4.12. The van der Waals surface area contributed by atoms with Crippen molar-refractivity contribution in [3.63, 3.8) is 0 Å². The lowest BCUT2D eigenvalue weighted by atomic mass is 10.0. The number of nitrogens with one attached hydrogen (secondary N) is 2. The Bertz CT molecular complexity index is 892. The van der Waals surface area contributed by atoms with Crippen molar-refractivity contribution < 1.29 is 28.4 Å². The predicted octanol–water partition coefficient (Wildman–Crippen LogP) is 1.01. The number of Topliss-reactive ketones (excluding diaryl/α,β-unsaturated/α-hetero) is 1. The predicted molar refractivity (Wildman–Crippen MR) is 105 cm³/mol. The third-order valence-corrected chi connectivity index (χ3v) is 5.59. The first-order valence-electron chi connectivity index (χ1n) is 9.93. The molecule has 3 heterocycles. The second-order valence-electron chi connectivity index (χ2n) is 7.36. The van der Waals surface area contributed by atoms with Crippen LogP contribution >= 0.6 is 0 Å². The molecule has 1 aliphatic heterocycles. The highest BCUT2D eigenvalue weighted by Gasteiger charge is 2.34. The Labute approximate surface area is 169 Å². The Morgan fingerprint density at radius 2 is 1.97 bits per heavy atom. The largest absolute Gasteiger partial charge is 0.462 e. The van der Waals surface area contributed by atoms with E-state index >= 15 is 0 Å². The normalized spacial score (nSPS) is 15.9. The number of aromatic nitrogens is 1. The second-order valence-corrected chi connectivity index (χ2v) is 7.36. The van der Waals surface area contributed by atoms with E-state index in [1.807, 2.05) is 6.92 Å². The van der Waals surface area contributed by atoms with Gasteiger partial charge in [-0.3, -0.25) is 9.59 Å². The molecule has 1 amide bonds. The second kappa shape index (κ2) is 8.65. The molecular formula is C21H28N3O5+. The monoisotopic (exact) mass is 402 g/mol. The Kier molecular flexibility index (Phi) is 6.22. The number of carbonyl (C=O) groups is 3. The lowest BCUT2D eigenvalue weighted by Crippen LogP contribution is -3.18. The summed E-state index contributed by atoms with van der Waals surface area (Å²) in [4.78, 5) is 43.6. The maximum absolute atomic E-state index is 13.1. The van der Waals surface area contributed by atoms with Crippen LogP contribution in [0.3, 0.4) is 0 Å². The fraction of sp³-hybridized carbons (Fsp3) is 0.476. The van der Waals surface area contributed by atoms with Gasteiger partial charge in [0.05, 0.1) is 50.3 Å². The van der Waals surface area contributed by atoms with Crippen LogP contribution in [0.4, 0.5) is 0 Å². The van der Waals surface area contributed by atoms with Crippen LogP contribution in [0.1, 0.15) is 56.5 Å². The lowest BCUT2D eigenvalue weighted by Gasteiger charge is -2.34. The molecule has 8 heteroatoms. The molecule has 156 valence electrons. The molecule has 3 rings (SSSR count). The van der Waals surface area contributed by atoms with E-state index in [1.54, 1.807) is 37.8 Å². The number of quaternary nitrogens is 1. The van der Waals surface area contributed by atoms with Crippen LogP contribution in [-0.4, -0.2) is 66.4 Å². The first kappa shape index (κ1) is 20.9. The van der Waals surface area contributed by atoms with Crippen LogP contribution in [0.2, 0.25) is 0 Å². The fourth-order valence-electron chi connectivity index (χ4n) is 3.89. The molecule has 2 aromatic heterocycles. The minimum atomic E-state index is -0.414.